The fraction of sp³-hybridized carbons (Fsp3) is 0.733. The van der Waals surface area contributed by atoms with Crippen LogP contribution in [0.3, 0.4) is 0 Å². The van der Waals surface area contributed by atoms with Crippen molar-refractivity contribution >= 4 is 21.6 Å². The monoisotopic (exact) mass is 341 g/mol. The number of nitrogens with one attached hydrogen (secondary N) is 1. The van der Waals surface area contributed by atoms with E-state index in [1.807, 2.05) is 0 Å². The van der Waals surface area contributed by atoms with Crippen molar-refractivity contribution in [1.82, 2.24) is 9.78 Å². The molecule has 20 heavy (non-hydrogen) atoms. The summed E-state index contributed by atoms with van der Waals surface area (Å²) in [7, 11) is 0. The van der Waals surface area contributed by atoms with Gasteiger partial charge in [0.1, 0.15) is 5.69 Å². The summed E-state index contributed by atoms with van der Waals surface area (Å²) < 4.78 is 2.34. The Morgan fingerprint density at radius 3 is 2.65 bits per heavy atom. The van der Waals surface area contributed by atoms with Crippen molar-refractivity contribution in [3.63, 3.8) is 0 Å². The molecule has 0 amide bonds. The molecule has 1 saturated carbocycles. The van der Waals surface area contributed by atoms with Crippen LogP contribution in [0.1, 0.15) is 47.0 Å². The van der Waals surface area contributed by atoms with Gasteiger partial charge in [-0.2, -0.15) is 5.10 Å². The van der Waals surface area contributed by atoms with Crippen LogP contribution in [0.5, 0.6) is 0 Å². The van der Waals surface area contributed by atoms with E-state index in [4.69, 9.17) is 0 Å². The Morgan fingerprint density at radius 2 is 2.15 bits per heavy atom. The van der Waals surface area contributed by atoms with E-state index in [0.717, 1.165) is 11.0 Å². The van der Waals surface area contributed by atoms with Gasteiger partial charge in [-0.15, -0.1) is 0 Å². The zero-order valence-electron chi connectivity index (χ0n) is 12.7. The Balaban J connectivity index is 2.22. The molecule has 0 spiro atoms. The van der Waals surface area contributed by atoms with Crippen molar-refractivity contribution in [3.05, 3.63) is 21.0 Å². The Bertz CT molecular complexity index is 529. The van der Waals surface area contributed by atoms with E-state index in [1.54, 1.807) is 10.9 Å². The predicted octanol–water partition coefficient (Wildman–Crippen LogP) is 3.65. The highest BCUT2D eigenvalue weighted by Gasteiger charge is 2.23. The molecule has 1 unspecified atom stereocenters. The lowest BCUT2D eigenvalue weighted by atomic mass is 9.85. The molecule has 1 heterocycles. The molecule has 0 radical (unpaired) electrons. The summed E-state index contributed by atoms with van der Waals surface area (Å²) in [4.78, 5) is 12.5. The molecule has 0 aliphatic heterocycles. The molecule has 4 nitrogen and oxygen atoms in total. The van der Waals surface area contributed by atoms with Crippen molar-refractivity contribution in [2.24, 2.45) is 11.3 Å². The lowest BCUT2D eigenvalue weighted by Gasteiger charge is -2.29. The van der Waals surface area contributed by atoms with Crippen LogP contribution in [0.4, 0.5) is 5.69 Å². The number of anilines is 1. The zero-order chi connectivity index (χ0) is 14.9. The molecule has 1 aromatic heterocycles. The van der Waals surface area contributed by atoms with Crippen LogP contribution in [-0.2, 0) is 6.54 Å². The summed E-state index contributed by atoms with van der Waals surface area (Å²) in [6.45, 7) is 9.32. The van der Waals surface area contributed by atoms with E-state index in [-0.39, 0.29) is 17.0 Å². The molecule has 1 aliphatic rings. The van der Waals surface area contributed by atoms with Gasteiger partial charge in [-0.25, -0.2) is 4.68 Å². The van der Waals surface area contributed by atoms with Gasteiger partial charge < -0.3 is 5.32 Å². The predicted molar refractivity (Wildman–Crippen MR) is 86.1 cm³/mol. The smallest absolute Gasteiger partial charge is 0.291 e. The molecule has 1 N–H and O–H groups in total. The van der Waals surface area contributed by atoms with Gasteiger partial charge in [-0.1, -0.05) is 27.2 Å². The average molecular weight is 342 g/mol. The number of aromatic nitrogens is 2. The molecular formula is C15H24BrN3O. The van der Waals surface area contributed by atoms with Gasteiger partial charge in [0.15, 0.2) is 0 Å². The minimum absolute atomic E-state index is 0.0256. The first kappa shape index (κ1) is 15.5. The van der Waals surface area contributed by atoms with Crippen molar-refractivity contribution < 1.29 is 0 Å². The third kappa shape index (κ3) is 3.43. The first-order valence-corrected chi connectivity index (χ1v) is 8.10. The molecule has 0 saturated heterocycles. The SMILES string of the molecule is CC(Nc1c(Br)cnn(CC2CCC2)c1=O)C(C)(C)C. The normalized spacial score (nSPS) is 17.6. The molecule has 1 fully saturated rings. The van der Waals surface area contributed by atoms with E-state index >= 15 is 0 Å². The van der Waals surface area contributed by atoms with Gasteiger partial charge in [0, 0.05) is 12.6 Å². The van der Waals surface area contributed by atoms with E-state index in [9.17, 15) is 4.79 Å². The highest BCUT2D eigenvalue weighted by atomic mass is 79.9. The molecule has 1 aromatic rings. The number of hydrogen-bond acceptors (Lipinski definition) is 3. The van der Waals surface area contributed by atoms with Crippen molar-refractivity contribution in [3.8, 4) is 0 Å². The lowest BCUT2D eigenvalue weighted by Crippen LogP contribution is -2.36. The molecule has 1 atom stereocenters. The summed E-state index contributed by atoms with van der Waals surface area (Å²) in [6, 6.07) is 0.200. The first-order chi connectivity index (χ1) is 9.29. The quantitative estimate of drug-likeness (QED) is 0.909. The summed E-state index contributed by atoms with van der Waals surface area (Å²) in [5, 5.41) is 7.59. The van der Waals surface area contributed by atoms with E-state index < -0.39 is 0 Å². The molecule has 112 valence electrons. The second-order valence-corrected chi connectivity index (χ2v) is 7.74. The van der Waals surface area contributed by atoms with Gasteiger partial charge in [0.05, 0.1) is 10.7 Å². The summed E-state index contributed by atoms with van der Waals surface area (Å²) in [6.07, 6.45) is 5.43. The van der Waals surface area contributed by atoms with Crippen LogP contribution in [0.15, 0.2) is 15.5 Å². The van der Waals surface area contributed by atoms with Crippen LogP contribution in [0.2, 0.25) is 0 Å². The van der Waals surface area contributed by atoms with Gasteiger partial charge in [-0.3, -0.25) is 4.79 Å². The van der Waals surface area contributed by atoms with E-state index in [2.05, 4.69) is 54.0 Å². The maximum atomic E-state index is 12.5. The second-order valence-electron chi connectivity index (χ2n) is 6.88. The Labute approximate surface area is 129 Å². The second kappa shape index (κ2) is 5.88. The number of hydrogen-bond donors (Lipinski definition) is 1. The highest BCUT2D eigenvalue weighted by Crippen LogP contribution is 2.28. The molecule has 5 heteroatoms. The minimum atomic E-state index is -0.0256. The standard InChI is InChI=1S/C15H24BrN3O/c1-10(15(2,3)4)18-13-12(16)8-17-19(14(13)20)9-11-6-5-7-11/h8,10-11,18H,5-7,9H2,1-4H3. The van der Waals surface area contributed by atoms with E-state index in [1.165, 1.54) is 19.3 Å². The molecular weight excluding hydrogens is 318 g/mol. The highest BCUT2D eigenvalue weighted by molar-refractivity contribution is 9.10. The van der Waals surface area contributed by atoms with Crippen LogP contribution in [-0.4, -0.2) is 15.8 Å². The van der Waals surface area contributed by atoms with Gasteiger partial charge in [0.25, 0.3) is 5.56 Å². The maximum Gasteiger partial charge on any atom is 0.291 e. The Morgan fingerprint density at radius 1 is 1.50 bits per heavy atom. The summed E-state index contributed by atoms with van der Waals surface area (Å²) in [5.74, 6) is 0.620. The number of rotatable bonds is 4. The topological polar surface area (TPSA) is 46.9 Å². The van der Waals surface area contributed by atoms with Gasteiger partial charge >= 0.3 is 0 Å². The van der Waals surface area contributed by atoms with Crippen LogP contribution < -0.4 is 10.9 Å². The fourth-order valence-electron chi connectivity index (χ4n) is 2.08. The molecule has 0 aromatic carbocycles. The third-order valence-corrected chi connectivity index (χ3v) is 4.91. The van der Waals surface area contributed by atoms with Crippen LogP contribution in [0.25, 0.3) is 0 Å². The number of halogens is 1. The molecule has 2 rings (SSSR count). The minimum Gasteiger partial charge on any atom is -0.377 e. The van der Waals surface area contributed by atoms with Crippen LogP contribution in [0, 0.1) is 11.3 Å². The van der Waals surface area contributed by atoms with E-state index in [0.29, 0.717) is 11.6 Å². The molecule has 0 bridgehead atoms. The molecule has 1 aliphatic carbocycles. The largest absolute Gasteiger partial charge is 0.377 e. The van der Waals surface area contributed by atoms with Crippen molar-refractivity contribution in [1.29, 1.82) is 0 Å². The maximum absolute atomic E-state index is 12.5. The Kier molecular flexibility index (Phi) is 4.57. The van der Waals surface area contributed by atoms with Gasteiger partial charge in [-0.05, 0) is 47.0 Å². The first-order valence-electron chi connectivity index (χ1n) is 7.31. The van der Waals surface area contributed by atoms with Gasteiger partial charge in [0.2, 0.25) is 0 Å². The zero-order valence-corrected chi connectivity index (χ0v) is 14.3. The average Bonchev–Trinajstić information content (AvgIpc) is 2.29. The summed E-state index contributed by atoms with van der Waals surface area (Å²) in [5.41, 5.74) is 0.692. The fourth-order valence-corrected chi connectivity index (χ4v) is 2.46. The lowest BCUT2D eigenvalue weighted by molar-refractivity contribution is 0.261. The number of nitrogens with zero attached hydrogens (tertiary/aromatic N) is 2. The van der Waals surface area contributed by atoms with Crippen molar-refractivity contribution in [2.75, 3.05) is 5.32 Å². The third-order valence-electron chi connectivity index (χ3n) is 4.31. The van der Waals surface area contributed by atoms with Crippen molar-refractivity contribution in [2.45, 2.75) is 59.5 Å². The Hall–Kier alpha value is -0.840. The summed E-state index contributed by atoms with van der Waals surface area (Å²) >= 11 is 3.44. The van der Waals surface area contributed by atoms with Crippen LogP contribution >= 0.6 is 15.9 Å².